The van der Waals surface area contributed by atoms with Gasteiger partial charge >= 0.3 is 0 Å². The van der Waals surface area contributed by atoms with E-state index in [1.165, 1.54) is 0 Å². The van der Waals surface area contributed by atoms with Crippen LogP contribution in [0.25, 0.3) is 11.1 Å². The average molecular weight is 313 g/mol. The molecule has 2 rings (SSSR count). The number of benzene rings is 1. The Balaban J connectivity index is 2.60. The Bertz CT molecular complexity index is 678. The summed E-state index contributed by atoms with van der Waals surface area (Å²) in [7, 11) is 0. The van der Waals surface area contributed by atoms with Crippen LogP contribution in [0.2, 0.25) is 15.1 Å². The minimum Gasteiger partial charge on any atom is -0.383 e. The minimum absolute atomic E-state index is 0.179. The van der Waals surface area contributed by atoms with Gasteiger partial charge in [-0.05, 0) is 18.2 Å². The molecule has 19 heavy (non-hydrogen) atoms. The lowest BCUT2D eigenvalue weighted by Crippen LogP contribution is -1.97. The van der Waals surface area contributed by atoms with Gasteiger partial charge in [0.05, 0.1) is 22.5 Å². The fourth-order valence-electron chi connectivity index (χ4n) is 1.66. The fourth-order valence-corrected chi connectivity index (χ4v) is 2.37. The summed E-state index contributed by atoms with van der Waals surface area (Å²) in [4.78, 5) is 4.06. The molecule has 2 N–H and O–H groups in total. The van der Waals surface area contributed by atoms with E-state index in [2.05, 4.69) is 4.98 Å². The molecule has 1 aromatic carbocycles. The normalized spacial score (nSPS) is 10.2. The number of aromatic nitrogens is 1. The van der Waals surface area contributed by atoms with Gasteiger partial charge in [0.25, 0.3) is 0 Å². The van der Waals surface area contributed by atoms with Gasteiger partial charge in [0, 0.05) is 27.9 Å². The molecule has 6 heteroatoms. The van der Waals surface area contributed by atoms with E-state index in [9.17, 15) is 0 Å². The summed E-state index contributed by atoms with van der Waals surface area (Å²) in [6.07, 6.45) is 1.75. The highest BCUT2D eigenvalue weighted by Crippen LogP contribution is 2.36. The highest BCUT2D eigenvalue weighted by Gasteiger charge is 2.11. The van der Waals surface area contributed by atoms with E-state index < -0.39 is 0 Å². The lowest BCUT2D eigenvalue weighted by molar-refractivity contribution is 1.20. The molecule has 0 radical (unpaired) electrons. The van der Waals surface area contributed by atoms with Crippen molar-refractivity contribution >= 4 is 40.6 Å². The van der Waals surface area contributed by atoms with Crippen molar-refractivity contribution < 1.29 is 0 Å². The number of anilines is 1. The molecule has 1 aromatic heterocycles. The molecule has 0 aliphatic carbocycles. The molecule has 2 aromatic rings. The number of pyridine rings is 1. The number of nitrogens with zero attached hydrogens (tertiary/aromatic N) is 2. The minimum atomic E-state index is 0.179. The standard InChI is InChI=1S/C13H8Cl3N3/c14-9-4-10(12(16)11(15)5-9)8-3-7(1-2-17)13(18)19-6-8/h3-6H,1H2,(H2,18,19). The number of hydrogen-bond acceptors (Lipinski definition) is 3. The first kappa shape index (κ1) is 14.0. The molecule has 0 fully saturated rings. The molecule has 1 heterocycles. The molecule has 0 atom stereocenters. The van der Waals surface area contributed by atoms with Crippen LogP contribution in [-0.2, 0) is 6.42 Å². The summed E-state index contributed by atoms with van der Waals surface area (Å²) >= 11 is 18.1. The van der Waals surface area contributed by atoms with Crippen molar-refractivity contribution in [3.05, 3.63) is 45.0 Å². The first-order chi connectivity index (χ1) is 9.02. The van der Waals surface area contributed by atoms with Crippen LogP contribution in [0, 0.1) is 11.3 Å². The SMILES string of the molecule is N#CCc1cc(-c2cc(Cl)cc(Cl)c2Cl)cnc1N. The van der Waals surface area contributed by atoms with Crippen molar-refractivity contribution in [2.45, 2.75) is 6.42 Å². The molecule has 0 spiro atoms. The van der Waals surface area contributed by atoms with Gasteiger partial charge in [0.15, 0.2) is 0 Å². The first-order valence-electron chi connectivity index (χ1n) is 5.29. The van der Waals surface area contributed by atoms with E-state index in [0.717, 1.165) is 0 Å². The Hall–Kier alpha value is -1.47. The van der Waals surface area contributed by atoms with E-state index in [1.54, 1.807) is 24.4 Å². The van der Waals surface area contributed by atoms with Gasteiger partial charge in [0.2, 0.25) is 0 Å². The Labute approximate surface area is 125 Å². The van der Waals surface area contributed by atoms with Gasteiger partial charge in [-0.15, -0.1) is 0 Å². The summed E-state index contributed by atoms with van der Waals surface area (Å²) in [5.41, 5.74) is 7.72. The van der Waals surface area contributed by atoms with Gasteiger partial charge in [-0.25, -0.2) is 4.98 Å². The van der Waals surface area contributed by atoms with Crippen molar-refractivity contribution in [1.29, 1.82) is 5.26 Å². The first-order valence-corrected chi connectivity index (χ1v) is 6.42. The largest absolute Gasteiger partial charge is 0.383 e. The van der Waals surface area contributed by atoms with Crippen LogP contribution < -0.4 is 5.73 Å². The molecule has 0 saturated heterocycles. The molecule has 0 saturated carbocycles. The third-order valence-electron chi connectivity index (χ3n) is 2.57. The second-order valence-electron chi connectivity index (χ2n) is 3.85. The van der Waals surface area contributed by atoms with Crippen molar-refractivity contribution in [2.75, 3.05) is 5.73 Å². The number of nitrogen functional groups attached to an aromatic ring is 1. The number of nitriles is 1. The molecule has 0 bridgehead atoms. The van der Waals surface area contributed by atoms with Crippen molar-refractivity contribution in [3.63, 3.8) is 0 Å². The van der Waals surface area contributed by atoms with Crippen LogP contribution in [0.1, 0.15) is 5.56 Å². The number of halogens is 3. The van der Waals surface area contributed by atoms with Crippen LogP contribution in [0.15, 0.2) is 24.4 Å². The summed E-state index contributed by atoms with van der Waals surface area (Å²) in [6.45, 7) is 0. The quantitative estimate of drug-likeness (QED) is 0.838. The molecular formula is C13H8Cl3N3. The van der Waals surface area contributed by atoms with Crippen molar-refractivity contribution in [2.24, 2.45) is 0 Å². The van der Waals surface area contributed by atoms with E-state index in [1.807, 2.05) is 6.07 Å². The van der Waals surface area contributed by atoms with Gasteiger partial charge in [-0.2, -0.15) is 5.26 Å². The highest BCUT2D eigenvalue weighted by molar-refractivity contribution is 6.45. The second kappa shape index (κ2) is 5.66. The van der Waals surface area contributed by atoms with Crippen LogP contribution in [0.4, 0.5) is 5.82 Å². The lowest BCUT2D eigenvalue weighted by atomic mass is 10.0. The van der Waals surface area contributed by atoms with Crippen LogP contribution in [0.3, 0.4) is 0 Å². The second-order valence-corrected chi connectivity index (χ2v) is 5.07. The Morgan fingerprint density at radius 2 is 1.95 bits per heavy atom. The van der Waals surface area contributed by atoms with Crippen LogP contribution in [-0.4, -0.2) is 4.98 Å². The molecule has 0 aliphatic heterocycles. The van der Waals surface area contributed by atoms with E-state index >= 15 is 0 Å². The Kier molecular flexibility index (Phi) is 4.16. The van der Waals surface area contributed by atoms with Crippen LogP contribution >= 0.6 is 34.8 Å². The zero-order chi connectivity index (χ0) is 14.0. The number of rotatable bonds is 2. The Morgan fingerprint density at radius 3 is 2.63 bits per heavy atom. The van der Waals surface area contributed by atoms with E-state index in [4.69, 9.17) is 45.8 Å². The zero-order valence-electron chi connectivity index (χ0n) is 9.62. The van der Waals surface area contributed by atoms with Gasteiger partial charge in [0.1, 0.15) is 5.82 Å². The third-order valence-corrected chi connectivity index (χ3v) is 3.60. The summed E-state index contributed by atoms with van der Waals surface area (Å²) < 4.78 is 0. The molecule has 0 unspecified atom stereocenters. The molecule has 0 aliphatic rings. The smallest absolute Gasteiger partial charge is 0.127 e. The van der Waals surface area contributed by atoms with Crippen molar-refractivity contribution in [3.8, 4) is 17.2 Å². The molecular weight excluding hydrogens is 305 g/mol. The highest BCUT2D eigenvalue weighted by atomic mass is 35.5. The summed E-state index contributed by atoms with van der Waals surface area (Å²) in [5, 5.41) is 9.97. The monoisotopic (exact) mass is 311 g/mol. The topological polar surface area (TPSA) is 62.7 Å². The number of hydrogen-bond donors (Lipinski definition) is 1. The van der Waals surface area contributed by atoms with Crippen molar-refractivity contribution in [1.82, 2.24) is 4.98 Å². The maximum Gasteiger partial charge on any atom is 0.127 e. The predicted molar refractivity (Wildman–Crippen MR) is 78.4 cm³/mol. The summed E-state index contributed by atoms with van der Waals surface area (Å²) in [6, 6.07) is 7.06. The average Bonchev–Trinajstić information content (AvgIpc) is 2.37. The maximum atomic E-state index is 8.75. The van der Waals surface area contributed by atoms with Crippen LogP contribution in [0.5, 0.6) is 0 Å². The third kappa shape index (κ3) is 2.93. The van der Waals surface area contributed by atoms with E-state index in [-0.39, 0.29) is 6.42 Å². The fraction of sp³-hybridized carbons (Fsp3) is 0.0769. The van der Waals surface area contributed by atoms with Gasteiger partial charge in [-0.1, -0.05) is 34.8 Å². The molecule has 96 valence electrons. The molecule has 3 nitrogen and oxygen atoms in total. The number of nitrogens with two attached hydrogens (primary N) is 1. The Morgan fingerprint density at radius 1 is 1.21 bits per heavy atom. The summed E-state index contributed by atoms with van der Waals surface area (Å²) in [5.74, 6) is 0.328. The zero-order valence-corrected chi connectivity index (χ0v) is 11.9. The maximum absolute atomic E-state index is 8.75. The van der Waals surface area contributed by atoms with E-state index in [0.29, 0.717) is 37.6 Å². The molecule has 0 amide bonds. The predicted octanol–water partition coefficient (Wildman–Crippen LogP) is 4.36. The lowest BCUT2D eigenvalue weighted by Gasteiger charge is -2.09. The van der Waals surface area contributed by atoms with Gasteiger partial charge < -0.3 is 5.73 Å². The van der Waals surface area contributed by atoms with Gasteiger partial charge in [-0.3, -0.25) is 0 Å².